The van der Waals surface area contributed by atoms with E-state index in [0.29, 0.717) is 43.4 Å². The molecule has 0 radical (unpaired) electrons. The molecular weight excluding hydrogens is 455 g/mol. The van der Waals surface area contributed by atoms with E-state index in [2.05, 4.69) is 31.2 Å². The van der Waals surface area contributed by atoms with Gasteiger partial charge in [-0.3, -0.25) is 4.79 Å². The van der Waals surface area contributed by atoms with E-state index < -0.39 is 0 Å². The number of aromatic nitrogens is 2. The van der Waals surface area contributed by atoms with Crippen molar-refractivity contribution >= 4 is 50.7 Å². The van der Waals surface area contributed by atoms with Gasteiger partial charge in [-0.25, -0.2) is 4.98 Å². The van der Waals surface area contributed by atoms with Gasteiger partial charge in [0.25, 0.3) is 5.91 Å². The first kappa shape index (κ1) is 19.5. The van der Waals surface area contributed by atoms with Crippen LogP contribution < -0.4 is 15.8 Å². The first-order valence-electron chi connectivity index (χ1n) is 7.84. The molecule has 0 fully saturated rings. The van der Waals surface area contributed by atoms with Crippen LogP contribution in [-0.4, -0.2) is 15.9 Å². The van der Waals surface area contributed by atoms with Gasteiger partial charge in [-0.05, 0) is 52.7 Å². The summed E-state index contributed by atoms with van der Waals surface area (Å²) in [4.78, 5) is 19.3. The van der Waals surface area contributed by atoms with Crippen LogP contribution in [0.5, 0.6) is 11.5 Å². The Morgan fingerprint density at radius 1 is 1.30 bits per heavy atom. The van der Waals surface area contributed by atoms with E-state index >= 15 is 0 Å². The molecule has 3 aromatic rings. The second-order valence-corrected chi connectivity index (χ2v) is 7.39. The molecule has 9 heteroatoms. The van der Waals surface area contributed by atoms with Crippen molar-refractivity contribution in [3.8, 4) is 11.5 Å². The summed E-state index contributed by atoms with van der Waals surface area (Å²) >= 11 is 15.5. The smallest absolute Gasteiger partial charge is 0.272 e. The number of carbonyl (C=O) groups is 1. The molecule has 0 spiro atoms. The quantitative estimate of drug-likeness (QED) is 0.453. The van der Waals surface area contributed by atoms with E-state index in [1.807, 2.05) is 0 Å². The number of aromatic amines is 1. The fraction of sp³-hybridized carbons (Fsp3) is 0.111. The van der Waals surface area contributed by atoms with E-state index in [0.717, 1.165) is 5.56 Å². The van der Waals surface area contributed by atoms with E-state index in [1.165, 1.54) is 0 Å². The maximum atomic E-state index is 12.3. The number of aryl methyl sites for hydroxylation is 1. The molecule has 1 aromatic heterocycles. The number of carbonyl (C=O) groups excluding carboxylic acids is 1. The molecule has 0 saturated carbocycles. The van der Waals surface area contributed by atoms with Crippen LogP contribution in [0.2, 0.25) is 10.0 Å². The van der Waals surface area contributed by atoms with Gasteiger partial charge in [0.05, 0.1) is 5.02 Å². The number of ether oxygens (including phenoxy) is 1. The highest BCUT2D eigenvalue weighted by Crippen LogP contribution is 2.32. The van der Waals surface area contributed by atoms with Crippen molar-refractivity contribution in [2.24, 2.45) is 0 Å². The van der Waals surface area contributed by atoms with Crippen LogP contribution in [0.3, 0.4) is 0 Å². The predicted octanol–water partition coefficient (Wildman–Crippen LogP) is 5.09. The van der Waals surface area contributed by atoms with Crippen molar-refractivity contribution < 1.29 is 9.53 Å². The summed E-state index contributed by atoms with van der Waals surface area (Å²) in [5.41, 5.74) is 7.36. The summed E-state index contributed by atoms with van der Waals surface area (Å²) in [5, 5.41) is 3.69. The lowest BCUT2D eigenvalue weighted by Crippen LogP contribution is -2.23. The molecule has 0 aliphatic heterocycles. The summed E-state index contributed by atoms with van der Waals surface area (Å²) < 4.78 is 6.33. The summed E-state index contributed by atoms with van der Waals surface area (Å²) in [6.07, 6.45) is 0. The number of imidazole rings is 1. The third kappa shape index (κ3) is 4.94. The fourth-order valence-electron chi connectivity index (χ4n) is 2.39. The van der Waals surface area contributed by atoms with Gasteiger partial charge >= 0.3 is 0 Å². The Morgan fingerprint density at radius 2 is 2.07 bits per heavy atom. The zero-order valence-electron chi connectivity index (χ0n) is 14.1. The largest absolute Gasteiger partial charge is 0.456 e. The first-order chi connectivity index (χ1) is 12.8. The molecule has 27 heavy (non-hydrogen) atoms. The number of benzene rings is 2. The maximum Gasteiger partial charge on any atom is 0.272 e. The molecule has 4 N–H and O–H groups in total. The number of nitrogens with two attached hydrogens (primary N) is 1. The number of anilines is 1. The fourth-order valence-corrected chi connectivity index (χ4v) is 3.33. The second-order valence-electron chi connectivity index (χ2n) is 5.75. The average Bonchev–Trinajstić information content (AvgIpc) is 2.93. The molecule has 0 atom stereocenters. The lowest BCUT2D eigenvalue weighted by Gasteiger charge is -2.11. The van der Waals surface area contributed by atoms with Crippen molar-refractivity contribution in [1.82, 2.24) is 15.3 Å². The zero-order valence-corrected chi connectivity index (χ0v) is 17.2. The van der Waals surface area contributed by atoms with E-state index in [4.69, 9.17) is 33.7 Å². The molecule has 0 aliphatic rings. The number of nitrogen functional groups attached to an aromatic ring is 1. The molecular formula is C18H15BrCl2N4O2. The number of amides is 1. The van der Waals surface area contributed by atoms with Gasteiger partial charge < -0.3 is 20.8 Å². The molecule has 0 saturated heterocycles. The van der Waals surface area contributed by atoms with Crippen LogP contribution >= 0.6 is 39.1 Å². The van der Waals surface area contributed by atoms with Crippen LogP contribution in [0.1, 0.15) is 21.9 Å². The monoisotopic (exact) mass is 468 g/mol. The lowest BCUT2D eigenvalue weighted by atomic mass is 10.2. The molecule has 140 valence electrons. The summed E-state index contributed by atoms with van der Waals surface area (Å²) in [6.45, 7) is 2.05. The molecule has 0 aliphatic carbocycles. The SMILES string of the molecule is Cc1nc(C(=O)NCc2ccc(Cl)c(Oc3cc(N)cc(Cl)c3)c2)c(Br)[nH]1. The number of rotatable bonds is 5. The molecule has 1 amide bonds. The Bertz CT molecular complexity index is 987. The van der Waals surface area contributed by atoms with Crippen LogP contribution in [0, 0.1) is 6.92 Å². The minimum atomic E-state index is -0.300. The van der Waals surface area contributed by atoms with Crippen molar-refractivity contribution in [1.29, 1.82) is 0 Å². The van der Waals surface area contributed by atoms with Gasteiger partial charge in [0, 0.05) is 23.3 Å². The number of nitrogens with zero attached hydrogens (tertiary/aromatic N) is 1. The van der Waals surface area contributed by atoms with Crippen molar-refractivity contribution in [2.45, 2.75) is 13.5 Å². The highest BCUT2D eigenvalue weighted by molar-refractivity contribution is 9.10. The molecule has 2 aromatic carbocycles. The third-order valence-corrected chi connectivity index (χ3v) is 4.67. The molecule has 1 heterocycles. The van der Waals surface area contributed by atoms with Crippen LogP contribution in [0.4, 0.5) is 5.69 Å². The van der Waals surface area contributed by atoms with Gasteiger partial charge in [0.15, 0.2) is 5.69 Å². The summed E-state index contributed by atoms with van der Waals surface area (Å²) in [7, 11) is 0. The normalized spacial score (nSPS) is 10.7. The number of halogens is 3. The van der Waals surface area contributed by atoms with Crippen molar-refractivity contribution in [3.05, 3.63) is 68.1 Å². The van der Waals surface area contributed by atoms with Gasteiger partial charge in [-0.2, -0.15) is 0 Å². The molecule has 6 nitrogen and oxygen atoms in total. The Hall–Kier alpha value is -2.22. The van der Waals surface area contributed by atoms with E-state index in [9.17, 15) is 4.79 Å². The zero-order chi connectivity index (χ0) is 19.6. The number of nitrogens with one attached hydrogen (secondary N) is 2. The van der Waals surface area contributed by atoms with Crippen LogP contribution in [0.15, 0.2) is 41.0 Å². The summed E-state index contributed by atoms with van der Waals surface area (Å²) in [5.74, 6) is 1.25. The average molecular weight is 470 g/mol. The molecule has 0 bridgehead atoms. The van der Waals surface area contributed by atoms with E-state index in [1.54, 1.807) is 43.3 Å². The summed E-state index contributed by atoms with van der Waals surface area (Å²) in [6, 6.07) is 10.1. The lowest BCUT2D eigenvalue weighted by molar-refractivity contribution is 0.0945. The van der Waals surface area contributed by atoms with Crippen molar-refractivity contribution in [2.75, 3.05) is 5.73 Å². The Labute approximate surface area is 174 Å². The minimum Gasteiger partial charge on any atom is -0.456 e. The van der Waals surface area contributed by atoms with Gasteiger partial charge in [-0.1, -0.05) is 29.3 Å². The predicted molar refractivity (Wildman–Crippen MR) is 110 cm³/mol. The minimum absolute atomic E-state index is 0.280. The topological polar surface area (TPSA) is 93.0 Å². The standard InChI is InChI=1S/C18H15BrCl2N4O2/c1-9-24-16(17(19)25-9)18(26)23-8-10-2-3-14(21)15(4-10)27-13-6-11(20)5-12(22)7-13/h2-7H,8,22H2,1H3,(H,23,26)(H,24,25). The first-order valence-corrected chi connectivity index (χ1v) is 9.39. The highest BCUT2D eigenvalue weighted by atomic mass is 79.9. The van der Waals surface area contributed by atoms with Gasteiger partial charge in [0.1, 0.15) is 21.9 Å². The Kier molecular flexibility index (Phi) is 5.94. The Morgan fingerprint density at radius 3 is 2.74 bits per heavy atom. The third-order valence-electron chi connectivity index (χ3n) is 3.56. The van der Waals surface area contributed by atoms with Gasteiger partial charge in [-0.15, -0.1) is 0 Å². The van der Waals surface area contributed by atoms with Crippen molar-refractivity contribution in [3.63, 3.8) is 0 Å². The second kappa shape index (κ2) is 8.21. The molecule has 0 unspecified atom stereocenters. The van der Waals surface area contributed by atoms with E-state index in [-0.39, 0.29) is 12.5 Å². The number of hydrogen-bond acceptors (Lipinski definition) is 4. The highest BCUT2D eigenvalue weighted by Gasteiger charge is 2.14. The van der Waals surface area contributed by atoms with Crippen LogP contribution in [0.25, 0.3) is 0 Å². The van der Waals surface area contributed by atoms with Crippen LogP contribution in [-0.2, 0) is 6.54 Å². The maximum absolute atomic E-state index is 12.3. The number of hydrogen-bond donors (Lipinski definition) is 3. The Balaban J connectivity index is 1.73. The van der Waals surface area contributed by atoms with Gasteiger partial charge in [0.2, 0.25) is 0 Å². The number of H-pyrrole nitrogens is 1. The molecule has 3 rings (SSSR count).